The van der Waals surface area contributed by atoms with Gasteiger partial charge in [-0.2, -0.15) is 0 Å². The van der Waals surface area contributed by atoms with Gasteiger partial charge in [0, 0.05) is 5.92 Å². The Kier molecular flexibility index (Phi) is 2.68. The first-order valence-electron chi connectivity index (χ1n) is 4.62. The van der Waals surface area contributed by atoms with E-state index in [9.17, 15) is 9.18 Å². The number of hydrogen-bond donors (Lipinski definition) is 0. The van der Waals surface area contributed by atoms with Gasteiger partial charge in [-0.25, -0.2) is 4.39 Å². The Hall–Kier alpha value is -0.700. The van der Waals surface area contributed by atoms with E-state index >= 15 is 0 Å². The van der Waals surface area contributed by atoms with Crippen LogP contribution in [0.3, 0.4) is 0 Å². The molecule has 1 fully saturated rings. The third-order valence-electron chi connectivity index (χ3n) is 2.39. The molecular weight excluding hydrogens is 247 g/mol. The molecule has 0 aromatic heterocycles. The lowest BCUT2D eigenvalue weighted by Gasteiger charge is -2.07. The van der Waals surface area contributed by atoms with Gasteiger partial charge in [-0.15, -0.1) is 0 Å². The molecule has 0 N–H and O–H groups in total. The maximum absolute atomic E-state index is 12.6. The molecule has 0 spiro atoms. The summed E-state index contributed by atoms with van der Waals surface area (Å²) in [6.45, 7) is 0. The van der Waals surface area contributed by atoms with Crippen LogP contribution in [0.25, 0.3) is 0 Å². The summed E-state index contributed by atoms with van der Waals surface area (Å²) in [4.78, 5) is 11.4. The van der Waals surface area contributed by atoms with Crippen molar-refractivity contribution >= 4 is 21.7 Å². The Morgan fingerprint density at radius 2 is 1.93 bits per heavy atom. The van der Waals surface area contributed by atoms with E-state index < -0.39 is 0 Å². The van der Waals surface area contributed by atoms with Gasteiger partial charge in [-0.1, -0.05) is 28.1 Å². The zero-order chi connectivity index (χ0) is 10.1. The molecule has 3 heteroatoms. The molecule has 1 atom stereocenters. The molecule has 0 aliphatic heterocycles. The normalized spacial score (nSPS) is 17.9. The second-order valence-electron chi connectivity index (χ2n) is 3.59. The minimum atomic E-state index is -0.271. The van der Waals surface area contributed by atoms with Crippen molar-refractivity contribution < 1.29 is 9.18 Å². The van der Waals surface area contributed by atoms with Gasteiger partial charge >= 0.3 is 0 Å². The first kappa shape index (κ1) is 9.84. The standard InChI is InChI=1S/C11H10BrFO/c12-10(11(14)8-1-2-8)7-3-5-9(13)6-4-7/h3-6,8,10H,1-2H2. The summed E-state index contributed by atoms with van der Waals surface area (Å²) in [5.74, 6) is 0.174. The highest BCUT2D eigenvalue weighted by molar-refractivity contribution is 9.09. The average Bonchev–Trinajstić information content (AvgIpc) is 3.00. The highest BCUT2D eigenvalue weighted by Crippen LogP contribution is 2.38. The van der Waals surface area contributed by atoms with Crippen molar-refractivity contribution in [2.24, 2.45) is 5.92 Å². The molecule has 1 aromatic carbocycles. The third-order valence-corrected chi connectivity index (χ3v) is 3.37. The van der Waals surface area contributed by atoms with E-state index in [1.165, 1.54) is 12.1 Å². The molecule has 74 valence electrons. The Morgan fingerprint density at radius 1 is 1.36 bits per heavy atom. The first-order chi connectivity index (χ1) is 6.68. The monoisotopic (exact) mass is 256 g/mol. The van der Waals surface area contributed by atoms with Crippen molar-refractivity contribution in [3.05, 3.63) is 35.6 Å². The van der Waals surface area contributed by atoms with Gasteiger partial charge in [-0.3, -0.25) is 4.79 Å². The van der Waals surface area contributed by atoms with E-state index in [-0.39, 0.29) is 22.3 Å². The fraction of sp³-hybridized carbons (Fsp3) is 0.364. The Morgan fingerprint density at radius 3 is 2.43 bits per heavy atom. The summed E-state index contributed by atoms with van der Waals surface area (Å²) in [6.07, 6.45) is 2.00. The largest absolute Gasteiger partial charge is 0.298 e. The Balaban J connectivity index is 2.13. The second kappa shape index (κ2) is 3.81. The third kappa shape index (κ3) is 2.03. The molecule has 1 unspecified atom stereocenters. The molecule has 1 aliphatic rings. The Bertz CT molecular complexity index is 343. The SMILES string of the molecule is O=C(C1CC1)C(Br)c1ccc(F)cc1. The molecule has 14 heavy (non-hydrogen) atoms. The van der Waals surface area contributed by atoms with Crippen LogP contribution in [0.2, 0.25) is 0 Å². The molecule has 0 bridgehead atoms. The number of carbonyl (C=O) groups excluding carboxylic acids is 1. The van der Waals surface area contributed by atoms with Gasteiger partial charge in [0.15, 0.2) is 5.78 Å². The van der Waals surface area contributed by atoms with E-state index in [1.807, 2.05) is 0 Å². The van der Waals surface area contributed by atoms with E-state index in [2.05, 4.69) is 15.9 Å². The number of benzene rings is 1. The minimum Gasteiger partial charge on any atom is -0.298 e. The predicted octanol–water partition coefficient (Wildman–Crippen LogP) is 3.24. The van der Waals surface area contributed by atoms with Crippen LogP contribution in [0.4, 0.5) is 4.39 Å². The molecule has 0 saturated heterocycles. The molecule has 1 aliphatic carbocycles. The average molecular weight is 257 g/mol. The molecule has 0 radical (unpaired) electrons. The second-order valence-corrected chi connectivity index (χ2v) is 4.51. The van der Waals surface area contributed by atoms with Crippen molar-refractivity contribution in [1.29, 1.82) is 0 Å². The molecule has 1 nitrogen and oxygen atoms in total. The van der Waals surface area contributed by atoms with Crippen molar-refractivity contribution in [1.82, 2.24) is 0 Å². The molecule has 2 rings (SSSR count). The number of Topliss-reactive ketones (excluding diaryl/α,β-unsaturated/α-hetero) is 1. The van der Waals surface area contributed by atoms with Crippen molar-refractivity contribution in [3.8, 4) is 0 Å². The predicted molar refractivity (Wildman–Crippen MR) is 55.8 cm³/mol. The molecule has 1 aromatic rings. The van der Waals surface area contributed by atoms with Gasteiger partial charge in [0.2, 0.25) is 0 Å². The Labute approximate surface area is 90.4 Å². The maximum atomic E-state index is 12.6. The van der Waals surface area contributed by atoms with Crippen molar-refractivity contribution in [2.45, 2.75) is 17.7 Å². The number of halogens is 2. The summed E-state index contributed by atoms with van der Waals surface area (Å²) in [5.41, 5.74) is 0.836. The number of hydrogen-bond acceptors (Lipinski definition) is 1. The zero-order valence-corrected chi connectivity index (χ0v) is 9.13. The van der Waals surface area contributed by atoms with Crippen LogP contribution in [-0.2, 0) is 4.79 Å². The quantitative estimate of drug-likeness (QED) is 0.759. The summed E-state index contributed by atoms with van der Waals surface area (Å²) in [5, 5.41) is 0. The van der Waals surface area contributed by atoms with Crippen LogP contribution in [-0.4, -0.2) is 5.78 Å². The smallest absolute Gasteiger partial charge is 0.153 e. The maximum Gasteiger partial charge on any atom is 0.153 e. The highest BCUT2D eigenvalue weighted by atomic mass is 79.9. The lowest BCUT2D eigenvalue weighted by molar-refractivity contribution is -0.119. The fourth-order valence-electron chi connectivity index (χ4n) is 1.37. The first-order valence-corrected chi connectivity index (χ1v) is 5.53. The number of alkyl halides is 1. The summed E-state index contributed by atoms with van der Waals surface area (Å²) >= 11 is 3.34. The van der Waals surface area contributed by atoms with Crippen molar-refractivity contribution in [3.63, 3.8) is 0 Å². The highest BCUT2D eigenvalue weighted by Gasteiger charge is 2.34. The minimum absolute atomic E-state index is 0.219. The lowest BCUT2D eigenvalue weighted by Crippen LogP contribution is -2.08. The summed E-state index contributed by atoms with van der Waals surface area (Å²) in [7, 11) is 0. The van der Waals surface area contributed by atoms with Gasteiger partial charge < -0.3 is 0 Å². The molecule has 0 heterocycles. The van der Waals surface area contributed by atoms with E-state index in [4.69, 9.17) is 0 Å². The summed E-state index contributed by atoms with van der Waals surface area (Å²) < 4.78 is 12.6. The van der Waals surface area contributed by atoms with Gasteiger partial charge in [0.1, 0.15) is 5.82 Å². The summed E-state index contributed by atoms with van der Waals surface area (Å²) in [6, 6.07) is 6.05. The van der Waals surface area contributed by atoms with E-state index in [0.29, 0.717) is 0 Å². The molecule has 1 saturated carbocycles. The van der Waals surface area contributed by atoms with Crippen LogP contribution in [0.1, 0.15) is 23.2 Å². The van der Waals surface area contributed by atoms with Crippen LogP contribution in [0, 0.1) is 11.7 Å². The fourth-order valence-corrected chi connectivity index (χ4v) is 2.05. The number of carbonyl (C=O) groups is 1. The van der Waals surface area contributed by atoms with Crippen LogP contribution in [0.15, 0.2) is 24.3 Å². The van der Waals surface area contributed by atoms with Gasteiger partial charge in [0.25, 0.3) is 0 Å². The van der Waals surface area contributed by atoms with Crippen LogP contribution in [0.5, 0.6) is 0 Å². The lowest BCUT2D eigenvalue weighted by atomic mass is 10.1. The van der Waals surface area contributed by atoms with Crippen LogP contribution < -0.4 is 0 Å². The number of rotatable bonds is 3. The van der Waals surface area contributed by atoms with E-state index in [0.717, 1.165) is 18.4 Å². The van der Waals surface area contributed by atoms with Gasteiger partial charge in [0.05, 0.1) is 4.83 Å². The molecule has 0 amide bonds. The number of ketones is 1. The molecular formula is C11H10BrFO. The zero-order valence-electron chi connectivity index (χ0n) is 7.54. The topological polar surface area (TPSA) is 17.1 Å². The van der Waals surface area contributed by atoms with Crippen molar-refractivity contribution in [2.75, 3.05) is 0 Å². The van der Waals surface area contributed by atoms with Gasteiger partial charge in [-0.05, 0) is 30.5 Å². The van der Waals surface area contributed by atoms with Crippen LogP contribution >= 0.6 is 15.9 Å². The van der Waals surface area contributed by atoms with E-state index in [1.54, 1.807) is 12.1 Å².